The highest BCUT2D eigenvalue weighted by Gasteiger charge is 2.59. The van der Waals surface area contributed by atoms with Crippen molar-refractivity contribution in [2.75, 3.05) is 46.2 Å². The Labute approximate surface area is 434 Å². The Bertz CT molecular complexity index is 1470. The van der Waals surface area contributed by atoms with Crippen LogP contribution >= 0.6 is 0 Å². The summed E-state index contributed by atoms with van der Waals surface area (Å²) in [4.78, 5) is 0. The normalized spacial score (nSPS) is 55.4. The second kappa shape index (κ2) is 26.0. The molecule has 0 aromatic carbocycles. The maximum atomic E-state index is 11.3. The highest BCUT2D eigenvalue weighted by Crippen LogP contribution is 2.39. The number of rotatable bonds is 7. The van der Waals surface area contributed by atoms with Gasteiger partial charge in [-0.25, -0.2) is 0 Å². The predicted molar refractivity (Wildman–Crippen MR) is 228 cm³/mol. The fourth-order valence-corrected chi connectivity index (χ4v) is 10.4. The van der Waals surface area contributed by atoms with Crippen molar-refractivity contribution >= 4 is 0 Å². The van der Waals surface area contributed by atoms with Crippen LogP contribution in [-0.4, -0.2) is 368 Å². The molecular formula is C42H70O35. The zero-order valence-corrected chi connectivity index (χ0v) is 40.3. The minimum atomic E-state index is -2.21. The van der Waals surface area contributed by atoms with Gasteiger partial charge in [0.15, 0.2) is 44.0 Å². The van der Waals surface area contributed by atoms with Gasteiger partial charge in [0.1, 0.15) is 171 Å². The lowest BCUT2D eigenvalue weighted by atomic mass is 9.95. The third-order valence-corrected chi connectivity index (χ3v) is 14.8. The molecule has 21 fully saturated rings. The van der Waals surface area contributed by atoms with Crippen molar-refractivity contribution < 1.29 is 174 Å². The van der Waals surface area contributed by atoms with Gasteiger partial charge in [-0.1, -0.05) is 0 Å². The molecule has 21 saturated heterocycles. The van der Waals surface area contributed by atoms with Gasteiger partial charge in [0.05, 0.1) is 46.2 Å². The lowest BCUT2D eigenvalue weighted by Gasteiger charge is -2.50. The second-order valence-electron chi connectivity index (χ2n) is 19.7. The van der Waals surface area contributed by atoms with E-state index in [0.717, 1.165) is 0 Å². The van der Waals surface area contributed by atoms with Crippen molar-refractivity contribution in [2.45, 2.75) is 215 Å². The SMILES string of the molecule is OCC1O[C@@H]2O[C@@H]3C(CO)O[C@H](O[C@@H]4C(CO)O[C@H](O[C@@H]5C(CO)O[C@H](O[C@@H]6C(CO)O[C@H](O[C@@H]7C(CO)O[C@H](O[C@@H]8C(CO)O[C@H](O[C@H]1[C@H](O)C2O)C(O)[C@H]8O)C(O)[C@H]7O)C(O)[C@H]6O)C(O)[C@H]5O)C(O)[C@H]4O)C(O)[C@H]3O. The number of hydrogen-bond donors (Lipinski definition) is 21. The summed E-state index contributed by atoms with van der Waals surface area (Å²) in [5.74, 6) is 0. The quantitative estimate of drug-likeness (QED) is 0.113. The van der Waals surface area contributed by atoms with Crippen LogP contribution in [0, 0.1) is 0 Å². The van der Waals surface area contributed by atoms with E-state index in [1.807, 2.05) is 0 Å². The van der Waals surface area contributed by atoms with E-state index < -0.39 is 261 Å². The van der Waals surface area contributed by atoms with Crippen molar-refractivity contribution in [2.24, 2.45) is 0 Å². The van der Waals surface area contributed by atoms with Gasteiger partial charge in [-0.3, -0.25) is 0 Å². The van der Waals surface area contributed by atoms with E-state index in [4.69, 9.17) is 66.3 Å². The number of hydrogen-bond acceptors (Lipinski definition) is 35. The van der Waals surface area contributed by atoms with Gasteiger partial charge in [-0.05, 0) is 0 Å². The largest absolute Gasteiger partial charge is 0.394 e. The smallest absolute Gasteiger partial charge is 0.187 e. The molecule has 21 N–H and O–H groups in total. The molecule has 35 nitrogen and oxygen atoms in total. The molecule has 21 rings (SSSR count). The van der Waals surface area contributed by atoms with Crippen molar-refractivity contribution in [1.29, 1.82) is 0 Å². The van der Waals surface area contributed by atoms with Crippen LogP contribution in [0.2, 0.25) is 0 Å². The minimum Gasteiger partial charge on any atom is -0.394 e. The lowest BCUT2D eigenvalue weighted by molar-refractivity contribution is -0.396. The summed E-state index contributed by atoms with van der Waals surface area (Å²) >= 11 is 0. The van der Waals surface area contributed by atoms with Crippen LogP contribution < -0.4 is 0 Å². The molecule has 14 unspecified atom stereocenters. The number of aliphatic hydroxyl groups excluding tert-OH is 21. The second-order valence-corrected chi connectivity index (χ2v) is 19.7. The summed E-state index contributed by atoms with van der Waals surface area (Å²) in [5, 5.41) is 230. The van der Waals surface area contributed by atoms with Gasteiger partial charge in [-0.15, -0.1) is 0 Å². The summed E-state index contributed by atoms with van der Waals surface area (Å²) in [5.41, 5.74) is 0. The minimum absolute atomic E-state index is 1.05. The molecule has 77 heavy (non-hydrogen) atoms. The summed E-state index contributed by atoms with van der Waals surface area (Å²) in [7, 11) is 0. The van der Waals surface area contributed by atoms with Crippen LogP contribution in [0.4, 0.5) is 0 Å². The Morgan fingerprint density at radius 1 is 0.156 bits per heavy atom. The Morgan fingerprint density at radius 3 is 0.351 bits per heavy atom. The molecular weight excluding hydrogens is 1060 g/mol. The zero-order valence-electron chi connectivity index (χ0n) is 40.3. The molecule has 0 amide bonds. The van der Waals surface area contributed by atoms with Gasteiger partial charge >= 0.3 is 0 Å². The Morgan fingerprint density at radius 2 is 0.260 bits per heavy atom. The van der Waals surface area contributed by atoms with Crippen molar-refractivity contribution in [3.8, 4) is 0 Å². The first-order valence-corrected chi connectivity index (χ1v) is 24.6. The molecule has 0 saturated carbocycles. The van der Waals surface area contributed by atoms with E-state index in [0.29, 0.717) is 0 Å². The number of aliphatic hydroxyl groups is 21. The average Bonchev–Trinajstić information content (AvgIpc) is 3.47. The standard InChI is InChI=1S/C42H70O35/c43-1-8-29-15(50)22(57)36(64-8)72-30-9(2-44)66-38(24(59)17(30)52)74-32-11(4-46)68-40(26(61)19(32)54)76-34-13(6-48)70-42(28(63)21(34)56)77-35-14(7-49)69-41(27(62)20(35)55)75-33-12(5-47)67-39(25(60)18(33)53)73-31-10(3-45)65-37(71-29)23(58)16(31)51/h8-63H,1-7H2/t8?,9?,10?,11?,12?,13?,14?,15-,16-,17-,18-,19-,20-,21-,22?,23?,24?,25?,26?,27?,28?,29-,30-,31-,32-,33-,34-,35-,36-,37-,38-,39-,40-,41-,42-/m1/s1. The van der Waals surface area contributed by atoms with Gasteiger partial charge in [0.2, 0.25) is 0 Å². The Kier molecular flexibility index (Phi) is 20.8. The van der Waals surface area contributed by atoms with E-state index in [-0.39, 0.29) is 0 Å². The molecule has 35 atom stereocenters. The predicted octanol–water partition coefficient (Wildman–Crippen LogP) is -15.2. The van der Waals surface area contributed by atoms with Crippen LogP contribution in [0.15, 0.2) is 0 Å². The maximum absolute atomic E-state index is 11.3. The monoisotopic (exact) mass is 1130 g/mol. The Hall–Kier alpha value is -1.40. The van der Waals surface area contributed by atoms with Crippen LogP contribution in [0.3, 0.4) is 0 Å². The first kappa shape index (κ1) is 61.7. The molecule has 448 valence electrons. The van der Waals surface area contributed by atoms with E-state index >= 15 is 0 Å². The topological polar surface area (TPSA) is 554 Å². The summed E-state index contributed by atoms with van der Waals surface area (Å²) in [6.07, 6.45) is -70.2. The van der Waals surface area contributed by atoms with E-state index in [1.165, 1.54) is 0 Å². The van der Waals surface area contributed by atoms with Gasteiger partial charge < -0.3 is 174 Å². The highest BCUT2D eigenvalue weighted by molar-refractivity contribution is 5.01. The van der Waals surface area contributed by atoms with E-state index in [9.17, 15) is 107 Å². The van der Waals surface area contributed by atoms with E-state index in [2.05, 4.69) is 0 Å². The molecule has 0 aromatic heterocycles. The zero-order chi connectivity index (χ0) is 56.1. The fraction of sp³-hybridized carbons (Fsp3) is 1.00. The molecule has 0 aliphatic carbocycles. The summed E-state index contributed by atoms with van der Waals surface area (Å²) < 4.78 is 79.5. The highest BCUT2D eigenvalue weighted by atomic mass is 16.8. The van der Waals surface area contributed by atoms with Crippen molar-refractivity contribution in [3.63, 3.8) is 0 Å². The maximum Gasteiger partial charge on any atom is 0.187 e. The first-order chi connectivity index (χ1) is 36.7. The summed E-state index contributed by atoms with van der Waals surface area (Å²) in [6.45, 7) is -7.33. The Balaban J connectivity index is 1.08. The van der Waals surface area contributed by atoms with Crippen LogP contribution in [0.25, 0.3) is 0 Å². The van der Waals surface area contributed by atoms with Crippen LogP contribution in [0.5, 0.6) is 0 Å². The molecule has 35 heteroatoms. The average molecular weight is 1130 g/mol. The molecule has 21 aliphatic rings. The molecule has 0 aromatic rings. The molecule has 0 spiro atoms. The van der Waals surface area contributed by atoms with E-state index in [1.54, 1.807) is 0 Å². The van der Waals surface area contributed by atoms with Gasteiger partial charge in [0.25, 0.3) is 0 Å². The molecule has 0 radical (unpaired) electrons. The molecule has 21 aliphatic heterocycles. The van der Waals surface area contributed by atoms with Crippen molar-refractivity contribution in [1.82, 2.24) is 0 Å². The lowest BCUT2D eigenvalue weighted by Crippen LogP contribution is -2.68. The third-order valence-electron chi connectivity index (χ3n) is 14.8. The fourth-order valence-electron chi connectivity index (χ4n) is 10.4. The van der Waals surface area contributed by atoms with Crippen LogP contribution in [-0.2, 0) is 66.3 Å². The van der Waals surface area contributed by atoms with Gasteiger partial charge in [0, 0.05) is 0 Å². The van der Waals surface area contributed by atoms with Crippen LogP contribution in [0.1, 0.15) is 0 Å². The number of ether oxygens (including phenoxy) is 14. The summed E-state index contributed by atoms with van der Waals surface area (Å²) in [6, 6.07) is 0. The first-order valence-electron chi connectivity index (χ1n) is 24.6. The van der Waals surface area contributed by atoms with Gasteiger partial charge in [-0.2, -0.15) is 0 Å². The van der Waals surface area contributed by atoms with Crippen molar-refractivity contribution in [3.05, 3.63) is 0 Å². The molecule has 14 bridgehead atoms. The molecule has 21 heterocycles. The third kappa shape index (κ3) is 12.1.